The van der Waals surface area contributed by atoms with Gasteiger partial charge in [-0.2, -0.15) is 8.78 Å². The zero-order valence-corrected chi connectivity index (χ0v) is 14.0. The number of halogens is 2. The van der Waals surface area contributed by atoms with Gasteiger partial charge in [0.25, 0.3) is 0 Å². The number of rotatable bonds is 6. The predicted molar refractivity (Wildman–Crippen MR) is 91.4 cm³/mol. The van der Waals surface area contributed by atoms with Crippen LogP contribution in [-0.4, -0.2) is 43.5 Å². The predicted octanol–water partition coefficient (Wildman–Crippen LogP) is 4.42. The van der Waals surface area contributed by atoms with Gasteiger partial charge in [0.15, 0.2) is 0 Å². The molecule has 3 rings (SSSR count). The van der Waals surface area contributed by atoms with E-state index in [9.17, 15) is 8.78 Å². The number of hydrogen-bond donors (Lipinski definition) is 0. The third kappa shape index (κ3) is 4.03. The van der Waals surface area contributed by atoms with E-state index in [1.807, 2.05) is 0 Å². The van der Waals surface area contributed by atoms with E-state index in [4.69, 9.17) is 0 Å². The van der Waals surface area contributed by atoms with E-state index in [0.29, 0.717) is 13.0 Å². The second-order valence-electron chi connectivity index (χ2n) is 5.83. The van der Waals surface area contributed by atoms with Gasteiger partial charge in [-0.1, -0.05) is 30.3 Å². The highest BCUT2D eigenvalue weighted by molar-refractivity contribution is 7.98. The van der Waals surface area contributed by atoms with Gasteiger partial charge < -0.3 is 9.64 Å². The fraction of sp³-hybridized carbons (Fsp3) is 0.444. The van der Waals surface area contributed by atoms with E-state index in [0.717, 1.165) is 19.5 Å². The van der Waals surface area contributed by atoms with E-state index in [-0.39, 0.29) is 6.10 Å². The first-order chi connectivity index (χ1) is 11.2. The van der Waals surface area contributed by atoms with Crippen molar-refractivity contribution in [2.24, 2.45) is 0 Å². The molecular weight excluding hydrogens is 316 g/mol. The van der Waals surface area contributed by atoms with Gasteiger partial charge in [-0.25, -0.2) is 0 Å². The highest BCUT2D eigenvalue weighted by Crippen LogP contribution is 2.30. The van der Waals surface area contributed by atoms with Crippen molar-refractivity contribution in [1.82, 2.24) is 4.90 Å². The Balaban J connectivity index is 1.68. The van der Waals surface area contributed by atoms with Gasteiger partial charge in [-0.3, -0.25) is 0 Å². The van der Waals surface area contributed by atoms with Crippen molar-refractivity contribution in [3.8, 4) is 0 Å². The second-order valence-corrected chi connectivity index (χ2v) is 6.68. The molecule has 1 atom stereocenters. The fourth-order valence-electron chi connectivity index (χ4n) is 3.30. The van der Waals surface area contributed by atoms with Gasteiger partial charge in [0.05, 0.1) is 6.10 Å². The fourth-order valence-corrected chi connectivity index (χ4v) is 3.96. The number of fused-ring (bicyclic) bond motifs is 1. The molecule has 2 aromatic rings. The van der Waals surface area contributed by atoms with Crippen LogP contribution in [0, 0.1) is 0 Å². The molecule has 0 spiro atoms. The summed E-state index contributed by atoms with van der Waals surface area (Å²) in [5.41, 5.74) is 1.32. The molecule has 1 aliphatic heterocycles. The average Bonchev–Trinajstić information content (AvgIpc) is 2.98. The van der Waals surface area contributed by atoms with E-state index >= 15 is 0 Å². The van der Waals surface area contributed by atoms with Crippen LogP contribution in [0.4, 0.5) is 8.78 Å². The summed E-state index contributed by atoms with van der Waals surface area (Å²) in [6, 6.07) is 12.8. The molecule has 0 amide bonds. The molecule has 0 N–H and O–H groups in total. The molecule has 23 heavy (non-hydrogen) atoms. The third-order valence-corrected chi connectivity index (χ3v) is 5.17. The van der Waals surface area contributed by atoms with Crippen LogP contribution in [0.1, 0.15) is 12.0 Å². The van der Waals surface area contributed by atoms with Gasteiger partial charge in [0.1, 0.15) is 0 Å². The smallest absolute Gasteiger partial charge is 0.318 e. The van der Waals surface area contributed by atoms with Gasteiger partial charge in [-0.05, 0) is 41.5 Å². The molecule has 1 fully saturated rings. The van der Waals surface area contributed by atoms with Crippen LogP contribution in [0.25, 0.3) is 10.8 Å². The Morgan fingerprint density at radius 2 is 2.04 bits per heavy atom. The normalized spacial score (nSPS) is 19.0. The van der Waals surface area contributed by atoms with Crippen LogP contribution in [-0.2, 0) is 11.2 Å². The van der Waals surface area contributed by atoms with Gasteiger partial charge in [0, 0.05) is 24.5 Å². The first-order valence-corrected chi connectivity index (χ1v) is 9.10. The van der Waals surface area contributed by atoms with Gasteiger partial charge >= 0.3 is 6.61 Å². The third-order valence-electron chi connectivity index (χ3n) is 4.39. The van der Waals surface area contributed by atoms with E-state index in [2.05, 4.69) is 52.3 Å². The minimum Gasteiger partial charge on any atom is -0.318 e. The summed E-state index contributed by atoms with van der Waals surface area (Å²) in [4.78, 5) is 3.51. The van der Waals surface area contributed by atoms with Crippen LogP contribution < -0.4 is 0 Å². The molecule has 2 nitrogen and oxygen atoms in total. The first-order valence-electron chi connectivity index (χ1n) is 7.88. The summed E-state index contributed by atoms with van der Waals surface area (Å²) in [6.45, 7) is -0.352. The molecule has 124 valence electrons. The number of likely N-dealkylation sites (tertiary alicyclic amines) is 1. The average molecular weight is 337 g/mol. The molecule has 0 unspecified atom stereocenters. The zero-order chi connectivity index (χ0) is 16.2. The SMILES string of the molecule is CSc1cccc2cccc(CCN3CC[C@@H](OC(F)F)C3)c12. The van der Waals surface area contributed by atoms with Gasteiger partial charge in [0.2, 0.25) is 0 Å². The number of thioether (sulfide) groups is 1. The highest BCUT2D eigenvalue weighted by atomic mass is 32.2. The Morgan fingerprint density at radius 1 is 1.26 bits per heavy atom. The summed E-state index contributed by atoms with van der Waals surface area (Å²) in [5.74, 6) is 0. The highest BCUT2D eigenvalue weighted by Gasteiger charge is 2.25. The molecule has 5 heteroatoms. The molecule has 0 radical (unpaired) electrons. The standard InChI is InChI=1S/C18H21F2NOS/c1-23-16-7-3-6-13-4-2-5-14(17(13)16)8-10-21-11-9-15(12-21)22-18(19)20/h2-7,15,18H,8-12H2,1H3/t15-/m1/s1. The maximum atomic E-state index is 12.3. The Morgan fingerprint density at radius 3 is 2.78 bits per heavy atom. The quantitative estimate of drug-likeness (QED) is 0.724. The summed E-state index contributed by atoms with van der Waals surface area (Å²) in [6.07, 6.45) is 3.38. The summed E-state index contributed by atoms with van der Waals surface area (Å²) in [7, 11) is 0. The number of benzene rings is 2. The molecule has 0 saturated carbocycles. The number of ether oxygens (including phenoxy) is 1. The van der Waals surface area contributed by atoms with Crippen molar-refractivity contribution in [2.75, 3.05) is 25.9 Å². The minimum absolute atomic E-state index is 0.329. The van der Waals surface area contributed by atoms with Crippen molar-refractivity contribution >= 4 is 22.5 Å². The summed E-state index contributed by atoms with van der Waals surface area (Å²) in [5, 5.41) is 2.58. The monoisotopic (exact) mass is 337 g/mol. The maximum Gasteiger partial charge on any atom is 0.345 e. The molecule has 1 saturated heterocycles. The lowest BCUT2D eigenvalue weighted by atomic mass is 10.0. The Labute approximate surface area is 139 Å². The van der Waals surface area contributed by atoms with E-state index in [1.165, 1.54) is 21.2 Å². The largest absolute Gasteiger partial charge is 0.345 e. The van der Waals surface area contributed by atoms with Crippen molar-refractivity contribution in [3.63, 3.8) is 0 Å². The molecule has 0 bridgehead atoms. The second kappa shape index (κ2) is 7.60. The van der Waals surface area contributed by atoms with Crippen LogP contribution in [0.3, 0.4) is 0 Å². The van der Waals surface area contributed by atoms with E-state index < -0.39 is 6.61 Å². The summed E-state index contributed by atoms with van der Waals surface area (Å²) >= 11 is 1.76. The lowest BCUT2D eigenvalue weighted by molar-refractivity contribution is -0.158. The topological polar surface area (TPSA) is 12.5 Å². The Bertz CT molecular complexity index is 659. The van der Waals surface area contributed by atoms with Crippen molar-refractivity contribution < 1.29 is 13.5 Å². The van der Waals surface area contributed by atoms with Crippen molar-refractivity contribution in [1.29, 1.82) is 0 Å². The van der Waals surface area contributed by atoms with Crippen LogP contribution >= 0.6 is 11.8 Å². The lowest BCUT2D eigenvalue weighted by Crippen LogP contribution is -2.26. The molecule has 1 heterocycles. The molecule has 0 aliphatic carbocycles. The number of nitrogens with zero attached hydrogens (tertiary/aromatic N) is 1. The molecule has 1 aliphatic rings. The van der Waals surface area contributed by atoms with E-state index in [1.54, 1.807) is 11.8 Å². The molecule has 2 aromatic carbocycles. The number of hydrogen-bond acceptors (Lipinski definition) is 3. The molecule has 0 aromatic heterocycles. The Hall–Kier alpha value is -1.17. The summed E-state index contributed by atoms with van der Waals surface area (Å²) < 4.78 is 29.2. The first kappa shape index (κ1) is 16.7. The van der Waals surface area contributed by atoms with Crippen molar-refractivity contribution in [2.45, 2.75) is 30.5 Å². The molecular formula is C18H21F2NOS. The van der Waals surface area contributed by atoms with Crippen LogP contribution in [0.2, 0.25) is 0 Å². The zero-order valence-electron chi connectivity index (χ0n) is 13.2. The Kier molecular flexibility index (Phi) is 5.51. The lowest BCUT2D eigenvalue weighted by Gasteiger charge is -2.17. The van der Waals surface area contributed by atoms with Crippen molar-refractivity contribution in [3.05, 3.63) is 42.0 Å². The number of alkyl halides is 2. The van der Waals surface area contributed by atoms with Crippen LogP contribution in [0.15, 0.2) is 41.3 Å². The van der Waals surface area contributed by atoms with Gasteiger partial charge in [-0.15, -0.1) is 11.8 Å². The maximum absolute atomic E-state index is 12.3. The minimum atomic E-state index is -2.66. The van der Waals surface area contributed by atoms with Crippen LogP contribution in [0.5, 0.6) is 0 Å².